The lowest BCUT2D eigenvalue weighted by Gasteiger charge is -2.14. The normalized spacial score (nSPS) is 10.2. The minimum absolute atomic E-state index is 0.0611. The smallest absolute Gasteiger partial charge is 0.269 e. The number of nitrogens with one attached hydrogen (secondary N) is 2. The third kappa shape index (κ3) is 3.82. The number of nitrogens with two attached hydrogens (primary N) is 1. The van der Waals surface area contributed by atoms with Gasteiger partial charge in [0.25, 0.3) is 5.91 Å². The number of ether oxygens (including phenoxy) is 1. The molecule has 0 fully saturated rings. The van der Waals surface area contributed by atoms with Crippen LogP contribution >= 0.6 is 0 Å². The summed E-state index contributed by atoms with van der Waals surface area (Å²) in [5, 5.41) is 0. The Hall–Kier alpha value is -2.83. The van der Waals surface area contributed by atoms with Crippen LogP contribution in [-0.4, -0.2) is 22.0 Å². The Morgan fingerprint density at radius 2 is 1.95 bits per heavy atom. The summed E-state index contributed by atoms with van der Waals surface area (Å²) < 4.78 is 5.45. The first-order valence-electron chi connectivity index (χ1n) is 6.46. The molecule has 1 aromatic heterocycles. The quantitative estimate of drug-likeness (QED) is 0.722. The number of carbonyl (C=O) groups excluding carboxylic acids is 1. The van der Waals surface area contributed by atoms with Gasteiger partial charge in [-0.2, -0.15) is 4.98 Å². The highest BCUT2D eigenvalue weighted by Gasteiger charge is 2.11. The van der Waals surface area contributed by atoms with Crippen LogP contribution in [0.2, 0.25) is 0 Å². The zero-order valence-electron chi connectivity index (χ0n) is 11.8. The second kappa shape index (κ2) is 6.56. The molecule has 2 aromatic rings. The molecule has 0 unspecified atom stereocenters. The largest absolute Gasteiger partial charge is 0.473 e. The van der Waals surface area contributed by atoms with Crippen LogP contribution in [-0.2, 0) is 0 Å². The van der Waals surface area contributed by atoms with Crippen LogP contribution in [0.1, 0.15) is 24.2 Å². The number of carbonyl (C=O) groups is 1. The first-order valence-corrected chi connectivity index (χ1v) is 6.46. The van der Waals surface area contributed by atoms with Crippen LogP contribution in [0.5, 0.6) is 5.88 Å². The molecule has 0 aliphatic rings. The van der Waals surface area contributed by atoms with E-state index in [1.54, 1.807) is 24.3 Å². The number of nitrogens with zero attached hydrogens (tertiary/aromatic N) is 2. The zero-order valence-corrected chi connectivity index (χ0v) is 11.8. The number of hydrogen-bond donors (Lipinski definition) is 3. The van der Waals surface area contributed by atoms with E-state index in [1.165, 1.54) is 6.33 Å². The minimum atomic E-state index is -0.292. The van der Waals surface area contributed by atoms with Crippen molar-refractivity contribution in [3.05, 3.63) is 42.2 Å². The second-order valence-corrected chi connectivity index (χ2v) is 4.55. The fourth-order valence-electron chi connectivity index (χ4n) is 1.57. The zero-order chi connectivity index (χ0) is 15.2. The van der Waals surface area contributed by atoms with Gasteiger partial charge >= 0.3 is 0 Å². The van der Waals surface area contributed by atoms with Gasteiger partial charge in [0.1, 0.15) is 12.0 Å². The number of rotatable bonds is 5. The van der Waals surface area contributed by atoms with E-state index in [0.717, 1.165) is 0 Å². The molecule has 21 heavy (non-hydrogen) atoms. The van der Waals surface area contributed by atoms with Gasteiger partial charge in [0.2, 0.25) is 5.88 Å². The number of hydrazine groups is 1. The molecule has 0 spiro atoms. The predicted octanol–water partition coefficient (Wildman–Crippen LogP) is 1.60. The first-order chi connectivity index (χ1) is 10.1. The SMILES string of the molecule is CC(C)Oc1ncnc(NNC(=O)c2ccccc2)c1N. The molecule has 1 aromatic carbocycles. The summed E-state index contributed by atoms with van der Waals surface area (Å²) in [7, 11) is 0. The van der Waals surface area contributed by atoms with Crippen LogP contribution in [0.4, 0.5) is 11.5 Å². The van der Waals surface area contributed by atoms with Gasteiger partial charge in [0.05, 0.1) is 6.10 Å². The maximum atomic E-state index is 11.9. The van der Waals surface area contributed by atoms with Gasteiger partial charge in [-0.25, -0.2) is 4.98 Å². The Bertz CT molecular complexity index is 616. The molecule has 0 radical (unpaired) electrons. The first kappa shape index (κ1) is 14.6. The molecule has 0 aliphatic carbocycles. The van der Waals surface area contributed by atoms with Gasteiger partial charge < -0.3 is 10.5 Å². The van der Waals surface area contributed by atoms with E-state index in [1.807, 2.05) is 19.9 Å². The monoisotopic (exact) mass is 287 g/mol. The highest BCUT2D eigenvalue weighted by atomic mass is 16.5. The van der Waals surface area contributed by atoms with Crippen LogP contribution in [0.15, 0.2) is 36.7 Å². The van der Waals surface area contributed by atoms with Crippen molar-refractivity contribution in [3.63, 3.8) is 0 Å². The molecule has 0 atom stereocenters. The number of anilines is 2. The van der Waals surface area contributed by atoms with E-state index in [0.29, 0.717) is 5.56 Å². The van der Waals surface area contributed by atoms with Crippen molar-refractivity contribution >= 4 is 17.4 Å². The third-order valence-electron chi connectivity index (χ3n) is 2.53. The van der Waals surface area contributed by atoms with Crippen molar-refractivity contribution in [1.82, 2.24) is 15.4 Å². The Labute approximate surface area is 122 Å². The summed E-state index contributed by atoms with van der Waals surface area (Å²) >= 11 is 0. The molecule has 110 valence electrons. The molecule has 1 amide bonds. The maximum absolute atomic E-state index is 11.9. The minimum Gasteiger partial charge on any atom is -0.473 e. The van der Waals surface area contributed by atoms with Crippen molar-refractivity contribution < 1.29 is 9.53 Å². The van der Waals surface area contributed by atoms with Crippen LogP contribution < -0.4 is 21.3 Å². The molecule has 7 nitrogen and oxygen atoms in total. The third-order valence-corrected chi connectivity index (χ3v) is 2.53. The lowest BCUT2D eigenvalue weighted by Crippen LogP contribution is -2.30. The molecule has 4 N–H and O–H groups in total. The van der Waals surface area contributed by atoms with E-state index >= 15 is 0 Å². The fraction of sp³-hybridized carbons (Fsp3) is 0.214. The molecule has 0 bridgehead atoms. The van der Waals surface area contributed by atoms with E-state index in [-0.39, 0.29) is 29.4 Å². The average Bonchev–Trinajstić information content (AvgIpc) is 2.48. The number of hydrogen-bond acceptors (Lipinski definition) is 6. The molecule has 0 saturated heterocycles. The summed E-state index contributed by atoms with van der Waals surface area (Å²) in [4.78, 5) is 19.8. The molecule has 2 rings (SSSR count). The number of amides is 1. The van der Waals surface area contributed by atoms with E-state index in [2.05, 4.69) is 20.8 Å². The summed E-state index contributed by atoms with van der Waals surface area (Å²) in [5.74, 6) is 0.265. The van der Waals surface area contributed by atoms with E-state index in [4.69, 9.17) is 10.5 Å². The Kier molecular flexibility index (Phi) is 4.55. The highest BCUT2D eigenvalue weighted by Crippen LogP contribution is 2.24. The molecular formula is C14H17N5O2. The average molecular weight is 287 g/mol. The lowest BCUT2D eigenvalue weighted by atomic mass is 10.2. The lowest BCUT2D eigenvalue weighted by molar-refractivity contribution is 0.0962. The van der Waals surface area contributed by atoms with Crippen molar-refractivity contribution in [3.8, 4) is 5.88 Å². The van der Waals surface area contributed by atoms with E-state index in [9.17, 15) is 4.79 Å². The summed E-state index contributed by atoms with van der Waals surface area (Å²) in [5.41, 5.74) is 11.8. The molecule has 7 heteroatoms. The van der Waals surface area contributed by atoms with Crippen molar-refractivity contribution in [2.24, 2.45) is 0 Å². The van der Waals surface area contributed by atoms with Crippen LogP contribution in [0.25, 0.3) is 0 Å². The number of nitrogen functional groups attached to an aromatic ring is 1. The van der Waals surface area contributed by atoms with Crippen molar-refractivity contribution in [2.45, 2.75) is 20.0 Å². The van der Waals surface area contributed by atoms with Gasteiger partial charge in [0.15, 0.2) is 5.82 Å². The topological polar surface area (TPSA) is 102 Å². The number of aromatic nitrogens is 2. The van der Waals surface area contributed by atoms with Crippen LogP contribution in [0.3, 0.4) is 0 Å². The van der Waals surface area contributed by atoms with E-state index < -0.39 is 0 Å². The van der Waals surface area contributed by atoms with Crippen LogP contribution in [0, 0.1) is 0 Å². The summed E-state index contributed by atoms with van der Waals surface area (Å²) in [6.45, 7) is 3.73. The van der Waals surface area contributed by atoms with Gasteiger partial charge in [-0.05, 0) is 26.0 Å². The molecule has 0 aliphatic heterocycles. The Morgan fingerprint density at radius 1 is 1.24 bits per heavy atom. The Morgan fingerprint density at radius 3 is 2.62 bits per heavy atom. The van der Waals surface area contributed by atoms with Gasteiger partial charge in [0, 0.05) is 5.56 Å². The number of benzene rings is 1. The second-order valence-electron chi connectivity index (χ2n) is 4.55. The molecule has 1 heterocycles. The Balaban J connectivity index is 2.05. The summed E-state index contributed by atoms with van der Waals surface area (Å²) in [6, 6.07) is 8.80. The summed E-state index contributed by atoms with van der Waals surface area (Å²) in [6.07, 6.45) is 1.25. The van der Waals surface area contributed by atoms with Gasteiger partial charge in [-0.3, -0.25) is 15.6 Å². The predicted molar refractivity (Wildman–Crippen MR) is 79.7 cm³/mol. The molecular weight excluding hydrogens is 270 g/mol. The maximum Gasteiger partial charge on any atom is 0.269 e. The highest BCUT2D eigenvalue weighted by molar-refractivity contribution is 5.95. The molecule has 0 saturated carbocycles. The van der Waals surface area contributed by atoms with Crippen molar-refractivity contribution in [2.75, 3.05) is 11.2 Å². The van der Waals surface area contributed by atoms with Crippen molar-refractivity contribution in [1.29, 1.82) is 0 Å². The van der Waals surface area contributed by atoms with Gasteiger partial charge in [-0.1, -0.05) is 18.2 Å². The van der Waals surface area contributed by atoms with Gasteiger partial charge in [-0.15, -0.1) is 0 Å². The fourth-order valence-corrected chi connectivity index (χ4v) is 1.57. The standard InChI is InChI=1S/C14H17N5O2/c1-9(2)21-14-11(15)12(16-8-17-14)18-19-13(20)10-6-4-3-5-7-10/h3-9H,15H2,1-2H3,(H,19,20)(H,16,17,18).